The zero-order valence-electron chi connectivity index (χ0n) is 17.4. The van der Waals surface area contributed by atoms with Crippen molar-refractivity contribution in [2.45, 2.75) is 89.9 Å². The first-order chi connectivity index (χ1) is 13.7. The summed E-state index contributed by atoms with van der Waals surface area (Å²) in [6.45, 7) is 0. The van der Waals surface area contributed by atoms with Crippen LogP contribution in [0, 0.1) is 0 Å². The Bertz CT molecular complexity index is 616. The Kier molecular flexibility index (Phi) is 11.2. The van der Waals surface area contributed by atoms with Gasteiger partial charge in [-0.15, -0.1) is 0 Å². The van der Waals surface area contributed by atoms with Crippen molar-refractivity contribution in [1.82, 2.24) is 0 Å². The summed E-state index contributed by atoms with van der Waals surface area (Å²) in [6, 6.07) is 15.7. The molecular weight excluding hydrogens is 344 g/mol. The molecule has 0 atom stereocenters. The van der Waals surface area contributed by atoms with Crippen LogP contribution in [0.5, 0.6) is 11.5 Å². The van der Waals surface area contributed by atoms with Gasteiger partial charge in [0.1, 0.15) is 11.5 Å². The van der Waals surface area contributed by atoms with Gasteiger partial charge in [0.05, 0.1) is 0 Å². The zero-order valence-corrected chi connectivity index (χ0v) is 17.4. The lowest BCUT2D eigenvalue weighted by Crippen LogP contribution is -1.87. The van der Waals surface area contributed by atoms with Crippen LogP contribution in [0.3, 0.4) is 0 Å². The van der Waals surface area contributed by atoms with Crippen LogP contribution < -0.4 is 0 Å². The number of phenolic OH excluding ortho intramolecular Hbond substituents is 2. The van der Waals surface area contributed by atoms with E-state index in [4.69, 9.17) is 0 Å². The third kappa shape index (κ3) is 10.4. The third-order valence-corrected chi connectivity index (χ3v) is 5.49. The van der Waals surface area contributed by atoms with Crippen LogP contribution in [-0.2, 0) is 12.8 Å². The molecule has 0 spiro atoms. The van der Waals surface area contributed by atoms with Crippen molar-refractivity contribution in [1.29, 1.82) is 0 Å². The summed E-state index contributed by atoms with van der Waals surface area (Å²) in [5.74, 6) is 0.317. The van der Waals surface area contributed by atoms with Crippen molar-refractivity contribution >= 4 is 0 Å². The van der Waals surface area contributed by atoms with Gasteiger partial charge in [-0.05, 0) is 48.9 Å². The molecular formula is C26H38O2. The van der Waals surface area contributed by atoms with Gasteiger partial charge in [-0.3, -0.25) is 0 Å². The van der Waals surface area contributed by atoms with Crippen molar-refractivity contribution in [3.05, 3.63) is 59.7 Å². The molecule has 2 aromatic carbocycles. The number of benzene rings is 2. The average molecular weight is 383 g/mol. The molecule has 2 aromatic rings. The quantitative estimate of drug-likeness (QED) is 0.312. The van der Waals surface area contributed by atoms with Crippen LogP contribution in [0.15, 0.2) is 48.5 Å². The average Bonchev–Trinajstić information content (AvgIpc) is 2.68. The second-order valence-corrected chi connectivity index (χ2v) is 8.09. The summed E-state index contributed by atoms with van der Waals surface area (Å²) in [6.07, 6.45) is 18.2. The highest BCUT2D eigenvalue weighted by atomic mass is 16.3. The Hall–Kier alpha value is -1.96. The predicted molar refractivity (Wildman–Crippen MR) is 119 cm³/mol. The number of phenols is 2. The van der Waals surface area contributed by atoms with Gasteiger partial charge in [-0.25, -0.2) is 0 Å². The van der Waals surface area contributed by atoms with E-state index in [-0.39, 0.29) is 11.5 Å². The minimum absolute atomic E-state index is 0.159. The van der Waals surface area contributed by atoms with E-state index in [1.807, 2.05) is 0 Å². The molecule has 2 nitrogen and oxygen atoms in total. The van der Waals surface area contributed by atoms with E-state index in [0.29, 0.717) is 0 Å². The highest BCUT2D eigenvalue weighted by Crippen LogP contribution is 2.22. The summed E-state index contributed by atoms with van der Waals surface area (Å²) < 4.78 is 0. The monoisotopic (exact) mass is 382 g/mol. The van der Waals surface area contributed by atoms with Crippen LogP contribution in [0.4, 0.5) is 0 Å². The number of unbranched alkanes of at least 4 members (excludes halogenated alkanes) is 11. The fourth-order valence-corrected chi connectivity index (χ4v) is 3.87. The van der Waals surface area contributed by atoms with E-state index in [1.54, 1.807) is 12.1 Å². The van der Waals surface area contributed by atoms with Crippen molar-refractivity contribution in [3.63, 3.8) is 0 Å². The van der Waals surface area contributed by atoms with E-state index in [2.05, 4.69) is 30.3 Å². The number of aryl methyl sites for hydroxylation is 2. The second kappa shape index (κ2) is 14.1. The van der Waals surface area contributed by atoms with E-state index in [1.165, 1.54) is 88.7 Å². The van der Waals surface area contributed by atoms with Gasteiger partial charge >= 0.3 is 0 Å². The molecule has 154 valence electrons. The van der Waals surface area contributed by atoms with Gasteiger partial charge in [0, 0.05) is 6.07 Å². The van der Waals surface area contributed by atoms with Crippen LogP contribution in [0.1, 0.15) is 88.2 Å². The van der Waals surface area contributed by atoms with Gasteiger partial charge in [0.25, 0.3) is 0 Å². The third-order valence-electron chi connectivity index (χ3n) is 5.49. The molecule has 0 radical (unpaired) electrons. The normalized spacial score (nSPS) is 11.0. The minimum Gasteiger partial charge on any atom is -0.508 e. The first-order valence-electron chi connectivity index (χ1n) is 11.3. The Labute approximate surface area is 171 Å². The lowest BCUT2D eigenvalue weighted by Gasteiger charge is -2.05. The summed E-state index contributed by atoms with van der Waals surface area (Å²) in [4.78, 5) is 0. The largest absolute Gasteiger partial charge is 0.508 e. The molecule has 2 rings (SSSR count). The molecule has 2 N–H and O–H groups in total. The molecule has 0 unspecified atom stereocenters. The lowest BCUT2D eigenvalue weighted by molar-refractivity contribution is 0.449. The molecule has 0 aliphatic heterocycles. The molecule has 0 aliphatic carbocycles. The molecule has 0 amide bonds. The summed E-state index contributed by atoms with van der Waals surface area (Å²) >= 11 is 0. The van der Waals surface area contributed by atoms with Gasteiger partial charge in [0.15, 0.2) is 0 Å². The maximum absolute atomic E-state index is 9.49. The summed E-state index contributed by atoms with van der Waals surface area (Å²) in [7, 11) is 0. The van der Waals surface area contributed by atoms with Gasteiger partial charge in [-0.1, -0.05) is 94.5 Å². The minimum atomic E-state index is 0.159. The van der Waals surface area contributed by atoms with E-state index >= 15 is 0 Å². The highest BCUT2D eigenvalue weighted by molar-refractivity contribution is 5.36. The fraction of sp³-hybridized carbons (Fsp3) is 0.538. The number of hydrogen-bond acceptors (Lipinski definition) is 2. The van der Waals surface area contributed by atoms with Gasteiger partial charge in [0.2, 0.25) is 0 Å². The van der Waals surface area contributed by atoms with Crippen molar-refractivity contribution in [2.75, 3.05) is 0 Å². The smallest absolute Gasteiger partial charge is 0.119 e. The number of hydrogen-bond donors (Lipinski definition) is 2. The fourth-order valence-electron chi connectivity index (χ4n) is 3.87. The Morgan fingerprint density at radius 2 is 0.821 bits per heavy atom. The Balaban J connectivity index is 1.32. The first kappa shape index (κ1) is 22.3. The maximum atomic E-state index is 9.49. The molecule has 0 heterocycles. The molecule has 0 fully saturated rings. The van der Waals surface area contributed by atoms with Gasteiger partial charge in [-0.2, -0.15) is 0 Å². The summed E-state index contributed by atoms with van der Waals surface area (Å²) in [5, 5.41) is 19.0. The van der Waals surface area contributed by atoms with Crippen LogP contribution >= 0.6 is 0 Å². The molecule has 0 saturated heterocycles. The maximum Gasteiger partial charge on any atom is 0.119 e. The molecule has 0 aromatic heterocycles. The first-order valence-corrected chi connectivity index (χ1v) is 11.3. The molecule has 0 bridgehead atoms. The van der Waals surface area contributed by atoms with Crippen LogP contribution in [-0.4, -0.2) is 10.2 Å². The van der Waals surface area contributed by atoms with E-state index < -0.39 is 0 Å². The SMILES string of the molecule is Oc1cc(O)cc(CCCCCCCCCCCCCCc2ccccc2)c1. The van der Waals surface area contributed by atoms with Crippen molar-refractivity contribution in [3.8, 4) is 11.5 Å². The standard InChI is InChI=1S/C26H38O2/c27-25-20-24(21-26(28)22-25)19-13-10-8-6-4-2-1-3-5-7-9-12-16-23-17-14-11-15-18-23/h11,14-15,17-18,20-22,27-28H,1-10,12-13,16,19H2. The van der Waals surface area contributed by atoms with Crippen LogP contribution in [0.25, 0.3) is 0 Å². The van der Waals surface area contributed by atoms with E-state index in [9.17, 15) is 10.2 Å². The molecule has 0 saturated carbocycles. The number of rotatable bonds is 15. The highest BCUT2D eigenvalue weighted by Gasteiger charge is 2.00. The van der Waals surface area contributed by atoms with E-state index in [0.717, 1.165) is 18.4 Å². The molecule has 2 heteroatoms. The van der Waals surface area contributed by atoms with Crippen LogP contribution in [0.2, 0.25) is 0 Å². The lowest BCUT2D eigenvalue weighted by atomic mass is 10.0. The van der Waals surface area contributed by atoms with Crippen molar-refractivity contribution in [2.24, 2.45) is 0 Å². The molecule has 28 heavy (non-hydrogen) atoms. The molecule has 0 aliphatic rings. The Morgan fingerprint density at radius 3 is 1.29 bits per heavy atom. The summed E-state index contributed by atoms with van der Waals surface area (Å²) in [5.41, 5.74) is 2.50. The van der Waals surface area contributed by atoms with Crippen molar-refractivity contribution < 1.29 is 10.2 Å². The Morgan fingerprint density at radius 1 is 0.429 bits per heavy atom. The zero-order chi connectivity index (χ0) is 19.9. The predicted octanol–water partition coefficient (Wildman–Crippen LogP) is 7.56. The number of aromatic hydroxyl groups is 2. The topological polar surface area (TPSA) is 40.5 Å². The second-order valence-electron chi connectivity index (χ2n) is 8.09. The van der Waals surface area contributed by atoms with Gasteiger partial charge < -0.3 is 10.2 Å².